The van der Waals surface area contributed by atoms with Crippen LogP contribution in [0.2, 0.25) is 0 Å². The van der Waals surface area contributed by atoms with Gasteiger partial charge in [-0.2, -0.15) is 0 Å². The van der Waals surface area contributed by atoms with E-state index in [9.17, 15) is 29.9 Å². The highest BCUT2D eigenvalue weighted by Crippen LogP contribution is 2.36. The van der Waals surface area contributed by atoms with E-state index in [0.29, 0.717) is 11.8 Å². The molecular formula is C12H13NO6. The third kappa shape index (κ3) is 3.51. The highest BCUT2D eigenvalue weighted by molar-refractivity contribution is 5.81. The zero-order valence-electron chi connectivity index (χ0n) is 10.2. The van der Waals surface area contributed by atoms with E-state index in [1.807, 2.05) is 0 Å². The lowest BCUT2D eigenvalue weighted by molar-refractivity contribution is -0.386. The molecule has 1 aromatic rings. The Balaban J connectivity index is 3.10. The Hall–Kier alpha value is -2.44. The van der Waals surface area contributed by atoms with Crippen LogP contribution in [0.3, 0.4) is 0 Å². The van der Waals surface area contributed by atoms with E-state index >= 15 is 0 Å². The quantitative estimate of drug-likeness (QED) is 0.347. The van der Waals surface area contributed by atoms with Crippen molar-refractivity contribution >= 4 is 17.8 Å². The summed E-state index contributed by atoms with van der Waals surface area (Å²) in [5, 5.41) is 29.4. The molecule has 0 aliphatic rings. The number of hydrogen-bond acceptors (Lipinski definition) is 6. The molecule has 0 aromatic heterocycles. The van der Waals surface area contributed by atoms with Crippen molar-refractivity contribution in [1.82, 2.24) is 0 Å². The minimum Gasteiger partial charge on any atom is -0.504 e. The number of phenols is 2. The monoisotopic (exact) mass is 267 g/mol. The Kier molecular flexibility index (Phi) is 4.57. The third-order valence-electron chi connectivity index (χ3n) is 2.76. The zero-order valence-corrected chi connectivity index (χ0v) is 10.2. The van der Waals surface area contributed by atoms with Gasteiger partial charge >= 0.3 is 5.69 Å². The summed E-state index contributed by atoms with van der Waals surface area (Å²) in [4.78, 5) is 31.6. The fourth-order valence-electron chi connectivity index (χ4n) is 1.71. The largest absolute Gasteiger partial charge is 0.504 e. The number of benzene rings is 1. The van der Waals surface area contributed by atoms with Crippen LogP contribution in [-0.4, -0.2) is 27.2 Å². The van der Waals surface area contributed by atoms with Crippen molar-refractivity contribution in [2.24, 2.45) is 5.92 Å². The average molecular weight is 267 g/mol. The van der Waals surface area contributed by atoms with Gasteiger partial charge in [0.1, 0.15) is 12.1 Å². The maximum Gasteiger partial charge on any atom is 0.314 e. The predicted molar refractivity (Wildman–Crippen MR) is 65.0 cm³/mol. The van der Waals surface area contributed by atoms with Gasteiger partial charge in [0, 0.05) is 18.4 Å². The second kappa shape index (κ2) is 5.94. The number of nitro benzene ring substituents is 1. The van der Waals surface area contributed by atoms with Crippen LogP contribution in [0.15, 0.2) is 12.1 Å². The minimum atomic E-state index is -0.832. The van der Waals surface area contributed by atoms with Crippen molar-refractivity contribution in [3.05, 3.63) is 27.8 Å². The lowest BCUT2D eigenvalue weighted by atomic mass is 9.93. The van der Waals surface area contributed by atoms with E-state index in [1.54, 1.807) is 0 Å². The van der Waals surface area contributed by atoms with Crippen LogP contribution in [0.1, 0.15) is 18.9 Å². The normalized spacial score (nSPS) is 11.8. The van der Waals surface area contributed by atoms with Crippen LogP contribution in [0.25, 0.3) is 0 Å². The number of phenolic OH excluding ortho intramolecular Hbond substituents is 2. The first-order valence-corrected chi connectivity index (χ1v) is 5.50. The Bertz CT molecular complexity index is 525. The molecule has 0 aliphatic heterocycles. The van der Waals surface area contributed by atoms with Crippen molar-refractivity contribution < 1.29 is 24.7 Å². The fraction of sp³-hybridized carbons (Fsp3) is 0.333. The molecule has 0 heterocycles. The molecule has 1 rings (SSSR count). The van der Waals surface area contributed by atoms with E-state index in [1.165, 1.54) is 6.92 Å². The SMILES string of the molecule is CC(=O)C(CC=O)Cc1cc(O)c(O)c([N+](=O)[O-])c1. The van der Waals surface area contributed by atoms with Gasteiger partial charge in [0.2, 0.25) is 5.75 Å². The van der Waals surface area contributed by atoms with Crippen LogP contribution in [0, 0.1) is 16.0 Å². The second-order valence-corrected chi connectivity index (χ2v) is 4.15. The van der Waals surface area contributed by atoms with Crippen LogP contribution in [0.5, 0.6) is 11.5 Å². The number of nitrogens with zero attached hydrogens (tertiary/aromatic N) is 1. The average Bonchev–Trinajstić information content (AvgIpc) is 2.32. The Morgan fingerprint density at radius 1 is 1.47 bits per heavy atom. The van der Waals surface area contributed by atoms with Crippen LogP contribution >= 0.6 is 0 Å². The summed E-state index contributed by atoms with van der Waals surface area (Å²) in [6.45, 7) is 1.32. The lowest BCUT2D eigenvalue weighted by Crippen LogP contribution is -2.14. The molecule has 19 heavy (non-hydrogen) atoms. The molecule has 0 fully saturated rings. The molecule has 7 heteroatoms. The first kappa shape index (κ1) is 14.6. The summed E-state index contributed by atoms with van der Waals surface area (Å²) in [5.41, 5.74) is -0.326. The molecule has 1 unspecified atom stereocenters. The molecule has 1 atom stereocenters. The molecular weight excluding hydrogens is 254 g/mol. The maximum absolute atomic E-state index is 11.3. The number of aromatic hydroxyl groups is 2. The van der Waals surface area contributed by atoms with Crippen LogP contribution < -0.4 is 0 Å². The predicted octanol–water partition coefficient (Wildman–Crippen LogP) is 1.34. The van der Waals surface area contributed by atoms with Crippen molar-refractivity contribution in [3.63, 3.8) is 0 Å². The van der Waals surface area contributed by atoms with Gasteiger partial charge in [-0.25, -0.2) is 0 Å². The molecule has 0 saturated heterocycles. The molecule has 2 N–H and O–H groups in total. The number of aldehydes is 1. The van der Waals surface area contributed by atoms with Gasteiger partial charge in [0.25, 0.3) is 0 Å². The molecule has 0 amide bonds. The maximum atomic E-state index is 11.3. The Morgan fingerprint density at radius 2 is 2.11 bits per heavy atom. The van der Waals surface area contributed by atoms with E-state index in [2.05, 4.69) is 0 Å². The van der Waals surface area contributed by atoms with Gasteiger partial charge in [0.05, 0.1) is 4.92 Å². The summed E-state index contributed by atoms with van der Waals surface area (Å²) >= 11 is 0. The molecule has 0 spiro atoms. The highest BCUT2D eigenvalue weighted by atomic mass is 16.6. The Morgan fingerprint density at radius 3 is 2.58 bits per heavy atom. The first-order chi connectivity index (χ1) is 8.86. The second-order valence-electron chi connectivity index (χ2n) is 4.15. The Labute approximate surface area is 108 Å². The van der Waals surface area contributed by atoms with Gasteiger partial charge in [-0.15, -0.1) is 0 Å². The number of Topliss-reactive ketones (excluding diaryl/α,β-unsaturated/α-hetero) is 1. The summed E-state index contributed by atoms with van der Waals surface area (Å²) in [5.74, 6) is -2.26. The number of hydrogen-bond donors (Lipinski definition) is 2. The topological polar surface area (TPSA) is 118 Å². The van der Waals surface area contributed by atoms with Gasteiger partial charge in [0.15, 0.2) is 5.75 Å². The number of carbonyl (C=O) groups excluding carboxylic acids is 2. The van der Waals surface area contributed by atoms with Gasteiger partial charge in [-0.1, -0.05) is 0 Å². The number of rotatable bonds is 6. The zero-order chi connectivity index (χ0) is 14.6. The third-order valence-corrected chi connectivity index (χ3v) is 2.76. The number of carbonyl (C=O) groups is 2. The summed E-state index contributed by atoms with van der Waals surface area (Å²) in [7, 11) is 0. The molecule has 0 saturated carbocycles. The summed E-state index contributed by atoms with van der Waals surface area (Å²) in [6.07, 6.45) is 0.689. The molecule has 102 valence electrons. The van der Waals surface area contributed by atoms with E-state index in [4.69, 9.17) is 0 Å². The summed E-state index contributed by atoms with van der Waals surface area (Å²) in [6, 6.07) is 2.22. The van der Waals surface area contributed by atoms with Crippen molar-refractivity contribution in [2.75, 3.05) is 0 Å². The lowest BCUT2D eigenvalue weighted by Gasteiger charge is -2.11. The molecule has 1 aromatic carbocycles. The fourth-order valence-corrected chi connectivity index (χ4v) is 1.71. The molecule has 0 radical (unpaired) electrons. The van der Waals surface area contributed by atoms with Gasteiger partial charge < -0.3 is 15.0 Å². The van der Waals surface area contributed by atoms with Crippen LogP contribution in [0.4, 0.5) is 5.69 Å². The summed E-state index contributed by atoms with van der Waals surface area (Å²) < 4.78 is 0. The van der Waals surface area contributed by atoms with Gasteiger partial charge in [-0.05, 0) is 25.0 Å². The smallest absolute Gasteiger partial charge is 0.314 e. The van der Waals surface area contributed by atoms with E-state index in [-0.39, 0.29) is 18.6 Å². The minimum absolute atomic E-state index is 0.00473. The van der Waals surface area contributed by atoms with Crippen molar-refractivity contribution in [2.45, 2.75) is 19.8 Å². The number of nitro groups is 1. The van der Waals surface area contributed by atoms with Crippen LogP contribution in [-0.2, 0) is 16.0 Å². The highest BCUT2D eigenvalue weighted by Gasteiger charge is 2.21. The first-order valence-electron chi connectivity index (χ1n) is 5.50. The van der Waals surface area contributed by atoms with E-state index < -0.39 is 28.0 Å². The van der Waals surface area contributed by atoms with Crippen molar-refractivity contribution in [3.8, 4) is 11.5 Å². The van der Waals surface area contributed by atoms with E-state index in [0.717, 1.165) is 12.1 Å². The molecule has 0 aliphatic carbocycles. The van der Waals surface area contributed by atoms with Crippen molar-refractivity contribution in [1.29, 1.82) is 0 Å². The standard InChI is InChI=1S/C12H13NO6/c1-7(15)9(2-3-14)4-8-5-10(13(18)19)12(17)11(16)6-8/h3,5-6,9,16-17H,2,4H2,1H3. The molecule has 7 nitrogen and oxygen atoms in total. The number of ketones is 1. The van der Waals surface area contributed by atoms with Gasteiger partial charge in [-0.3, -0.25) is 14.9 Å². The molecule has 0 bridgehead atoms.